The summed E-state index contributed by atoms with van der Waals surface area (Å²) in [6, 6.07) is 4.80. The van der Waals surface area contributed by atoms with E-state index in [1.54, 1.807) is 18.3 Å². The average Bonchev–Trinajstić information content (AvgIpc) is 2.76. The molecule has 1 amide bonds. The van der Waals surface area contributed by atoms with Gasteiger partial charge in [-0.25, -0.2) is 4.39 Å². The molecule has 0 fully saturated rings. The molecule has 0 unspecified atom stereocenters. The highest BCUT2D eigenvalue weighted by atomic mass is 79.9. The van der Waals surface area contributed by atoms with Gasteiger partial charge in [0.2, 0.25) is 5.91 Å². The molecule has 1 aliphatic heterocycles. The number of nitrogens with one attached hydrogen (secondary N) is 2. The third kappa shape index (κ3) is 2.40. The second kappa shape index (κ2) is 4.97. The fraction of sp³-hybridized carbons (Fsp3) is 0.167. The van der Waals surface area contributed by atoms with Crippen LogP contribution in [0.2, 0.25) is 0 Å². The van der Waals surface area contributed by atoms with Crippen molar-refractivity contribution in [3.8, 4) is 0 Å². The monoisotopic (exact) mass is 341 g/mol. The van der Waals surface area contributed by atoms with E-state index in [0.29, 0.717) is 11.4 Å². The average molecular weight is 342 g/mol. The van der Waals surface area contributed by atoms with Crippen LogP contribution in [0.15, 0.2) is 28.9 Å². The maximum absolute atomic E-state index is 14.0. The van der Waals surface area contributed by atoms with Crippen molar-refractivity contribution in [2.45, 2.75) is 5.25 Å². The Morgan fingerprint density at radius 2 is 2.26 bits per heavy atom. The Morgan fingerprint density at radius 1 is 1.42 bits per heavy atom. The Labute approximate surface area is 121 Å². The quantitative estimate of drug-likeness (QED) is 0.837. The van der Waals surface area contributed by atoms with E-state index in [-0.39, 0.29) is 22.7 Å². The molecule has 0 saturated carbocycles. The first-order valence-electron chi connectivity index (χ1n) is 5.55. The minimum absolute atomic E-state index is 0.117. The molecule has 1 atom stereocenters. The molecule has 98 valence electrons. The maximum Gasteiger partial charge on any atom is 0.235 e. The number of halogens is 2. The summed E-state index contributed by atoms with van der Waals surface area (Å²) in [6.07, 6.45) is 1.62. The Kier molecular flexibility index (Phi) is 3.32. The lowest BCUT2D eigenvalue weighted by Crippen LogP contribution is -2.12. The molecule has 0 aliphatic carbocycles. The van der Waals surface area contributed by atoms with E-state index in [4.69, 9.17) is 0 Å². The van der Waals surface area contributed by atoms with Crippen LogP contribution < -0.4 is 5.32 Å². The minimum atomic E-state index is -0.290. The van der Waals surface area contributed by atoms with Gasteiger partial charge in [0, 0.05) is 15.6 Å². The van der Waals surface area contributed by atoms with Crippen LogP contribution >= 0.6 is 27.7 Å². The number of hydrogen-bond acceptors (Lipinski definition) is 3. The molecule has 2 aromatic rings. The Bertz CT molecular complexity index is 646. The number of rotatable bonds is 1. The van der Waals surface area contributed by atoms with Gasteiger partial charge in [0.05, 0.1) is 17.2 Å². The van der Waals surface area contributed by atoms with Gasteiger partial charge < -0.3 is 5.32 Å². The fourth-order valence-electron chi connectivity index (χ4n) is 1.99. The van der Waals surface area contributed by atoms with Crippen LogP contribution in [0, 0.1) is 5.82 Å². The number of benzene rings is 1. The van der Waals surface area contributed by atoms with Crippen LogP contribution in [0.3, 0.4) is 0 Å². The van der Waals surface area contributed by atoms with Gasteiger partial charge in [-0.05, 0) is 18.2 Å². The number of aromatic amines is 1. The summed E-state index contributed by atoms with van der Waals surface area (Å²) in [5.74, 6) is 0.411. The molecular formula is C12H9BrFN3OS. The van der Waals surface area contributed by atoms with Crippen molar-refractivity contribution in [1.29, 1.82) is 0 Å². The number of hydrogen-bond donors (Lipinski definition) is 2. The molecule has 2 heterocycles. The molecule has 1 aromatic heterocycles. The Hall–Kier alpha value is -1.34. The van der Waals surface area contributed by atoms with Crippen LogP contribution in [0.4, 0.5) is 10.2 Å². The lowest BCUT2D eigenvalue weighted by Gasteiger charge is -2.14. The first-order valence-corrected chi connectivity index (χ1v) is 7.39. The van der Waals surface area contributed by atoms with E-state index in [9.17, 15) is 9.18 Å². The van der Waals surface area contributed by atoms with Gasteiger partial charge >= 0.3 is 0 Å². The first kappa shape index (κ1) is 12.7. The number of anilines is 1. The summed E-state index contributed by atoms with van der Waals surface area (Å²) in [7, 11) is 0. The molecular weight excluding hydrogens is 333 g/mol. The predicted octanol–water partition coefficient (Wildman–Crippen LogP) is 3.09. The largest absolute Gasteiger partial charge is 0.310 e. The smallest absolute Gasteiger partial charge is 0.235 e. The topological polar surface area (TPSA) is 57.8 Å². The minimum Gasteiger partial charge on any atom is -0.310 e. The van der Waals surface area contributed by atoms with E-state index in [2.05, 4.69) is 31.4 Å². The lowest BCUT2D eigenvalue weighted by molar-refractivity contribution is -0.113. The van der Waals surface area contributed by atoms with E-state index < -0.39 is 0 Å². The van der Waals surface area contributed by atoms with Crippen molar-refractivity contribution in [2.24, 2.45) is 0 Å². The van der Waals surface area contributed by atoms with Crippen LogP contribution in [-0.2, 0) is 4.79 Å². The summed E-state index contributed by atoms with van der Waals surface area (Å²) >= 11 is 4.73. The van der Waals surface area contributed by atoms with Gasteiger partial charge in [-0.3, -0.25) is 9.89 Å². The molecule has 19 heavy (non-hydrogen) atoms. The van der Waals surface area contributed by atoms with Crippen molar-refractivity contribution in [1.82, 2.24) is 10.2 Å². The Balaban J connectivity index is 2.10. The van der Waals surface area contributed by atoms with E-state index in [1.807, 2.05) is 0 Å². The summed E-state index contributed by atoms with van der Waals surface area (Å²) < 4.78 is 14.8. The van der Waals surface area contributed by atoms with Crippen LogP contribution in [-0.4, -0.2) is 21.9 Å². The molecule has 0 bridgehead atoms. The van der Waals surface area contributed by atoms with Gasteiger partial charge in [-0.2, -0.15) is 5.10 Å². The molecule has 1 aromatic carbocycles. The van der Waals surface area contributed by atoms with Gasteiger partial charge in [-0.15, -0.1) is 11.8 Å². The molecule has 3 rings (SSSR count). The molecule has 0 radical (unpaired) electrons. The summed E-state index contributed by atoms with van der Waals surface area (Å²) in [5, 5.41) is 9.12. The summed E-state index contributed by atoms with van der Waals surface area (Å²) in [5.41, 5.74) is 1.33. The van der Waals surface area contributed by atoms with Crippen molar-refractivity contribution >= 4 is 39.4 Å². The third-order valence-corrected chi connectivity index (χ3v) is 4.60. The standard InChI is InChI=1S/C12H9BrFN3OS/c13-6-1-2-9(14)7(3-6)11-8-4-15-17-12(8)16-10(18)5-19-11/h1-4,11H,5H2,(H2,15,16,17,18)/t11-/m0/s1. The first-order chi connectivity index (χ1) is 9.15. The highest BCUT2D eigenvalue weighted by Crippen LogP contribution is 2.42. The summed E-state index contributed by atoms with van der Waals surface area (Å²) in [6.45, 7) is 0. The third-order valence-electron chi connectivity index (χ3n) is 2.84. The van der Waals surface area contributed by atoms with E-state index in [0.717, 1.165) is 10.0 Å². The molecule has 2 N–H and O–H groups in total. The Morgan fingerprint density at radius 3 is 3.11 bits per heavy atom. The maximum atomic E-state index is 14.0. The second-order valence-corrected chi connectivity index (χ2v) is 6.11. The van der Waals surface area contributed by atoms with Crippen molar-refractivity contribution < 1.29 is 9.18 Å². The number of H-pyrrole nitrogens is 1. The highest BCUT2D eigenvalue weighted by Gasteiger charge is 2.27. The van der Waals surface area contributed by atoms with Crippen molar-refractivity contribution in [3.63, 3.8) is 0 Å². The predicted molar refractivity (Wildman–Crippen MR) is 75.6 cm³/mol. The van der Waals surface area contributed by atoms with Gasteiger partial charge in [0.1, 0.15) is 11.6 Å². The number of carbonyl (C=O) groups is 1. The number of amides is 1. The van der Waals surface area contributed by atoms with Crippen LogP contribution in [0.1, 0.15) is 16.4 Å². The van der Waals surface area contributed by atoms with E-state index in [1.165, 1.54) is 17.8 Å². The molecule has 1 aliphatic rings. The van der Waals surface area contributed by atoms with Crippen molar-refractivity contribution in [3.05, 3.63) is 45.8 Å². The SMILES string of the molecule is O=C1CS[C@@H](c2cc(Br)ccc2F)c2cn[nH]c2N1. The zero-order valence-electron chi connectivity index (χ0n) is 9.61. The zero-order valence-corrected chi connectivity index (χ0v) is 12.0. The summed E-state index contributed by atoms with van der Waals surface area (Å²) in [4.78, 5) is 11.6. The zero-order chi connectivity index (χ0) is 13.4. The van der Waals surface area contributed by atoms with Crippen LogP contribution in [0.5, 0.6) is 0 Å². The number of fused-ring (bicyclic) bond motifs is 1. The normalized spacial score (nSPS) is 18.6. The molecule has 7 heteroatoms. The molecule has 0 spiro atoms. The second-order valence-electron chi connectivity index (χ2n) is 4.11. The van der Waals surface area contributed by atoms with Gasteiger partial charge in [-0.1, -0.05) is 15.9 Å². The highest BCUT2D eigenvalue weighted by molar-refractivity contribution is 9.10. The lowest BCUT2D eigenvalue weighted by atomic mass is 10.1. The van der Waals surface area contributed by atoms with Crippen molar-refractivity contribution in [2.75, 3.05) is 11.1 Å². The van der Waals surface area contributed by atoms with Gasteiger partial charge in [0.15, 0.2) is 0 Å². The van der Waals surface area contributed by atoms with Gasteiger partial charge in [0.25, 0.3) is 0 Å². The molecule has 0 saturated heterocycles. The van der Waals surface area contributed by atoms with E-state index >= 15 is 0 Å². The molecule has 4 nitrogen and oxygen atoms in total. The number of thioether (sulfide) groups is 1. The van der Waals surface area contributed by atoms with Crippen LogP contribution in [0.25, 0.3) is 0 Å². The fourth-order valence-corrected chi connectivity index (χ4v) is 3.48. The number of nitrogens with zero attached hydrogens (tertiary/aromatic N) is 1. The number of carbonyl (C=O) groups excluding carboxylic acids is 1. The number of aromatic nitrogens is 2.